The second-order valence-electron chi connectivity index (χ2n) is 5.78. The highest BCUT2D eigenvalue weighted by molar-refractivity contribution is 5.92. The Bertz CT molecular complexity index is 887. The Hall–Kier alpha value is -4.08. The first-order chi connectivity index (χ1) is 14.7. The predicted molar refractivity (Wildman–Crippen MR) is 106 cm³/mol. The van der Waals surface area contributed by atoms with Gasteiger partial charge in [0.2, 0.25) is 6.10 Å². The van der Waals surface area contributed by atoms with Crippen LogP contribution in [0.2, 0.25) is 0 Å². The van der Waals surface area contributed by atoms with Crippen LogP contribution in [-0.4, -0.2) is 61.5 Å². The molecule has 0 aliphatic carbocycles. The van der Waals surface area contributed by atoms with Gasteiger partial charge in [-0.3, -0.25) is 4.79 Å². The van der Waals surface area contributed by atoms with E-state index < -0.39 is 30.4 Å². The van der Waals surface area contributed by atoms with Gasteiger partial charge in [-0.1, -0.05) is 0 Å². The Balaban J connectivity index is 0.000000343. The van der Waals surface area contributed by atoms with Crippen molar-refractivity contribution in [2.24, 2.45) is 0 Å². The molecule has 0 unspecified atom stereocenters. The second kappa shape index (κ2) is 12.5. The van der Waals surface area contributed by atoms with Crippen molar-refractivity contribution in [2.75, 3.05) is 21.3 Å². The summed E-state index contributed by atoms with van der Waals surface area (Å²) in [7, 11) is 4.39. The molecule has 0 radical (unpaired) electrons. The molecule has 0 heterocycles. The molecule has 0 fully saturated rings. The van der Waals surface area contributed by atoms with Crippen LogP contribution in [0.4, 0.5) is 0 Å². The number of hydrogen-bond donors (Lipinski definition) is 2. The van der Waals surface area contributed by atoms with Crippen molar-refractivity contribution in [3.8, 4) is 11.5 Å². The number of ether oxygens (including phenoxy) is 4. The van der Waals surface area contributed by atoms with Gasteiger partial charge in [0, 0.05) is 0 Å². The fourth-order valence-electron chi connectivity index (χ4n) is 2.11. The Morgan fingerprint density at radius 1 is 0.742 bits per heavy atom. The zero-order valence-corrected chi connectivity index (χ0v) is 17.1. The van der Waals surface area contributed by atoms with E-state index in [0.29, 0.717) is 11.3 Å². The molecule has 0 aliphatic heterocycles. The molecule has 2 aromatic carbocycles. The lowest BCUT2D eigenvalue weighted by molar-refractivity contribution is -0.153. The van der Waals surface area contributed by atoms with Crippen LogP contribution in [0.1, 0.15) is 27.1 Å². The molecule has 0 aromatic heterocycles. The highest BCUT2D eigenvalue weighted by Gasteiger charge is 2.25. The second-order valence-corrected chi connectivity index (χ2v) is 5.78. The molecule has 2 N–H and O–H groups in total. The molecule has 2 aromatic rings. The minimum atomic E-state index is -1.72. The van der Waals surface area contributed by atoms with Gasteiger partial charge >= 0.3 is 23.9 Å². The number of carboxylic acid groups (broad SMARTS) is 2. The van der Waals surface area contributed by atoms with Crippen LogP contribution in [0, 0.1) is 0 Å². The van der Waals surface area contributed by atoms with Crippen molar-refractivity contribution < 1.29 is 48.3 Å². The molecule has 0 spiro atoms. The molecule has 0 bridgehead atoms. The van der Waals surface area contributed by atoms with Crippen molar-refractivity contribution in [1.82, 2.24) is 0 Å². The first-order valence-electron chi connectivity index (χ1n) is 8.73. The quantitative estimate of drug-likeness (QED) is 0.593. The molecule has 166 valence electrons. The summed E-state index contributed by atoms with van der Waals surface area (Å²) < 4.78 is 19.0. The van der Waals surface area contributed by atoms with Crippen molar-refractivity contribution in [3.63, 3.8) is 0 Å². The minimum absolute atomic E-state index is 0.109. The van der Waals surface area contributed by atoms with E-state index in [2.05, 4.69) is 9.47 Å². The van der Waals surface area contributed by atoms with Gasteiger partial charge in [0.25, 0.3) is 0 Å². The van der Waals surface area contributed by atoms with Gasteiger partial charge in [-0.05, 0) is 48.5 Å². The topological polar surface area (TPSA) is 146 Å². The average Bonchev–Trinajstić information content (AvgIpc) is 2.78. The number of hydrogen-bond acceptors (Lipinski definition) is 8. The smallest absolute Gasteiger partial charge is 0.345 e. The SMILES string of the molecule is COC(=O)c1ccc(OC)cc1.COc1ccc(C(=O)O[C@H](CC(=O)O)C(=O)O)cc1. The molecule has 10 nitrogen and oxygen atoms in total. The van der Waals surface area contributed by atoms with Crippen LogP contribution in [0.3, 0.4) is 0 Å². The molecule has 1 atom stereocenters. The first-order valence-corrected chi connectivity index (χ1v) is 8.73. The normalized spacial score (nSPS) is 10.5. The maximum Gasteiger partial charge on any atom is 0.345 e. The number of carbonyl (C=O) groups is 4. The Labute approximate surface area is 177 Å². The Morgan fingerprint density at radius 2 is 1.16 bits per heavy atom. The van der Waals surface area contributed by atoms with E-state index in [1.165, 1.54) is 38.5 Å². The molecule has 0 amide bonds. The highest BCUT2D eigenvalue weighted by Crippen LogP contribution is 2.14. The largest absolute Gasteiger partial charge is 0.497 e. The lowest BCUT2D eigenvalue weighted by Gasteiger charge is -2.11. The maximum atomic E-state index is 11.6. The molecule has 10 heteroatoms. The monoisotopic (exact) mass is 434 g/mol. The van der Waals surface area contributed by atoms with E-state index in [-0.39, 0.29) is 11.5 Å². The van der Waals surface area contributed by atoms with E-state index in [1.54, 1.807) is 31.4 Å². The summed E-state index contributed by atoms with van der Waals surface area (Å²) in [5, 5.41) is 17.3. The van der Waals surface area contributed by atoms with Crippen LogP contribution in [0.5, 0.6) is 11.5 Å². The summed E-state index contributed by atoms with van der Waals surface area (Å²) in [5.74, 6) is -2.87. The number of aliphatic carboxylic acids is 2. The van der Waals surface area contributed by atoms with Crippen molar-refractivity contribution >= 4 is 23.9 Å². The van der Waals surface area contributed by atoms with E-state index in [9.17, 15) is 19.2 Å². The fraction of sp³-hybridized carbons (Fsp3) is 0.238. The van der Waals surface area contributed by atoms with Crippen molar-refractivity contribution in [2.45, 2.75) is 12.5 Å². The summed E-state index contributed by atoms with van der Waals surface area (Å²) in [6.45, 7) is 0. The van der Waals surface area contributed by atoms with Gasteiger partial charge in [-0.2, -0.15) is 0 Å². The minimum Gasteiger partial charge on any atom is -0.497 e. The third-order valence-corrected chi connectivity index (χ3v) is 3.72. The zero-order chi connectivity index (χ0) is 23.4. The van der Waals surface area contributed by atoms with E-state index in [0.717, 1.165) is 5.75 Å². The van der Waals surface area contributed by atoms with Crippen LogP contribution < -0.4 is 9.47 Å². The molecular weight excluding hydrogens is 412 g/mol. The number of carbonyl (C=O) groups excluding carboxylic acids is 2. The van der Waals surface area contributed by atoms with Gasteiger partial charge in [0.15, 0.2) is 0 Å². The van der Waals surface area contributed by atoms with Gasteiger partial charge in [0.05, 0.1) is 38.9 Å². The number of carboxylic acids is 2. The van der Waals surface area contributed by atoms with Crippen molar-refractivity contribution in [3.05, 3.63) is 59.7 Å². The Kier molecular flexibility index (Phi) is 10.0. The van der Waals surface area contributed by atoms with Crippen LogP contribution >= 0.6 is 0 Å². The third kappa shape index (κ3) is 8.44. The summed E-state index contributed by atoms with van der Waals surface area (Å²) in [6.07, 6.45) is -2.51. The summed E-state index contributed by atoms with van der Waals surface area (Å²) in [6, 6.07) is 12.5. The van der Waals surface area contributed by atoms with Gasteiger partial charge in [0.1, 0.15) is 11.5 Å². The molecule has 0 saturated heterocycles. The van der Waals surface area contributed by atoms with E-state index in [1.807, 2.05) is 0 Å². The number of esters is 2. The number of benzene rings is 2. The molecular formula is C21H22O10. The summed E-state index contributed by atoms with van der Waals surface area (Å²) >= 11 is 0. The zero-order valence-electron chi connectivity index (χ0n) is 17.1. The first kappa shape index (κ1) is 25.0. The summed E-state index contributed by atoms with van der Waals surface area (Å²) in [5.41, 5.74) is 0.635. The highest BCUT2D eigenvalue weighted by atomic mass is 16.6. The average molecular weight is 434 g/mol. The fourth-order valence-corrected chi connectivity index (χ4v) is 2.11. The van der Waals surface area contributed by atoms with Crippen LogP contribution in [-0.2, 0) is 19.1 Å². The van der Waals surface area contributed by atoms with Gasteiger partial charge < -0.3 is 29.2 Å². The standard InChI is InChI=1S/C12H12O7.C9H10O3/c1-18-8-4-2-7(3-5-8)12(17)19-9(11(15)16)6-10(13)14;1-11-8-5-3-7(4-6-8)9(10)12-2/h2-5,9H,6H2,1H3,(H,13,14)(H,15,16);3-6H,1-2H3/t9-;/m1./s1. The van der Waals surface area contributed by atoms with Crippen LogP contribution in [0.15, 0.2) is 48.5 Å². The van der Waals surface area contributed by atoms with E-state index in [4.69, 9.17) is 19.7 Å². The van der Waals surface area contributed by atoms with Crippen molar-refractivity contribution in [1.29, 1.82) is 0 Å². The lowest BCUT2D eigenvalue weighted by Crippen LogP contribution is -2.29. The van der Waals surface area contributed by atoms with Crippen LogP contribution in [0.25, 0.3) is 0 Å². The van der Waals surface area contributed by atoms with Gasteiger partial charge in [-0.25, -0.2) is 14.4 Å². The number of methoxy groups -OCH3 is 3. The van der Waals surface area contributed by atoms with Gasteiger partial charge in [-0.15, -0.1) is 0 Å². The summed E-state index contributed by atoms with van der Waals surface area (Å²) in [4.78, 5) is 43.8. The number of rotatable bonds is 8. The lowest BCUT2D eigenvalue weighted by atomic mass is 10.2. The molecule has 31 heavy (non-hydrogen) atoms. The molecule has 0 aliphatic rings. The predicted octanol–water partition coefficient (Wildman–Crippen LogP) is 2.26. The molecule has 0 saturated carbocycles. The Morgan fingerprint density at radius 3 is 1.48 bits per heavy atom. The maximum absolute atomic E-state index is 11.6. The van der Waals surface area contributed by atoms with E-state index >= 15 is 0 Å². The third-order valence-electron chi connectivity index (χ3n) is 3.72. The molecule has 2 rings (SSSR count).